The number of nitrogens with two attached hydrogens (primary N) is 1. The van der Waals surface area contributed by atoms with Crippen molar-refractivity contribution in [2.75, 3.05) is 5.73 Å². The van der Waals surface area contributed by atoms with Crippen molar-refractivity contribution in [3.63, 3.8) is 0 Å². The molecule has 0 saturated carbocycles. The van der Waals surface area contributed by atoms with Gasteiger partial charge in [-0.3, -0.25) is 0 Å². The van der Waals surface area contributed by atoms with Crippen LogP contribution in [-0.2, 0) is 0 Å². The van der Waals surface area contributed by atoms with Crippen LogP contribution in [0.25, 0.3) is 6.08 Å². The van der Waals surface area contributed by atoms with Crippen LogP contribution in [0.3, 0.4) is 0 Å². The highest BCUT2D eigenvalue weighted by atomic mass is 19.1. The lowest BCUT2D eigenvalue weighted by atomic mass is 10.1. The van der Waals surface area contributed by atoms with Gasteiger partial charge in [-0.15, -0.1) is 0 Å². The maximum Gasteiger partial charge on any atom is 0.149 e. The van der Waals surface area contributed by atoms with Gasteiger partial charge >= 0.3 is 0 Å². The van der Waals surface area contributed by atoms with E-state index in [0.717, 1.165) is 6.07 Å². The van der Waals surface area contributed by atoms with Crippen LogP contribution in [0.4, 0.5) is 14.5 Å². The number of hydrogen-bond acceptors (Lipinski definition) is 1. The average molecular weight is 169 g/mol. The first-order chi connectivity index (χ1) is 5.65. The molecule has 64 valence electrons. The van der Waals surface area contributed by atoms with E-state index < -0.39 is 11.6 Å². The summed E-state index contributed by atoms with van der Waals surface area (Å²) in [6.45, 7) is 1.75. The molecule has 0 atom stereocenters. The van der Waals surface area contributed by atoms with Crippen molar-refractivity contribution in [1.82, 2.24) is 0 Å². The highest BCUT2D eigenvalue weighted by molar-refractivity contribution is 5.56. The van der Waals surface area contributed by atoms with E-state index in [9.17, 15) is 8.78 Å². The fourth-order valence-electron chi connectivity index (χ4n) is 0.891. The molecule has 0 aromatic heterocycles. The van der Waals surface area contributed by atoms with Gasteiger partial charge in [0.25, 0.3) is 0 Å². The normalized spacial score (nSPS) is 10.9. The monoisotopic (exact) mass is 169 g/mol. The Morgan fingerprint density at radius 2 is 1.92 bits per heavy atom. The molecule has 0 aliphatic heterocycles. The minimum atomic E-state index is -0.722. The van der Waals surface area contributed by atoms with Gasteiger partial charge in [0.1, 0.15) is 11.6 Å². The average Bonchev–Trinajstić information content (AvgIpc) is 2.01. The second-order valence-electron chi connectivity index (χ2n) is 2.40. The maximum atomic E-state index is 12.9. The maximum absolute atomic E-state index is 12.9. The summed E-state index contributed by atoms with van der Waals surface area (Å²) in [5.74, 6) is -1.32. The molecular formula is C9H9F2N. The van der Waals surface area contributed by atoms with Gasteiger partial charge in [0.05, 0.1) is 5.69 Å². The molecule has 3 heteroatoms. The molecule has 0 fully saturated rings. The predicted octanol–water partition coefficient (Wildman–Crippen LogP) is 2.58. The van der Waals surface area contributed by atoms with E-state index >= 15 is 0 Å². The lowest BCUT2D eigenvalue weighted by Gasteiger charge is -1.99. The second-order valence-corrected chi connectivity index (χ2v) is 2.40. The van der Waals surface area contributed by atoms with Crippen LogP contribution in [-0.4, -0.2) is 0 Å². The molecule has 1 rings (SSSR count). The van der Waals surface area contributed by atoms with Crippen molar-refractivity contribution in [3.8, 4) is 0 Å². The number of halogens is 2. The van der Waals surface area contributed by atoms with Crippen LogP contribution in [0.2, 0.25) is 0 Å². The number of rotatable bonds is 1. The van der Waals surface area contributed by atoms with Gasteiger partial charge in [-0.25, -0.2) is 8.78 Å². The van der Waals surface area contributed by atoms with E-state index in [4.69, 9.17) is 5.73 Å². The number of allylic oxidation sites excluding steroid dienone is 1. The number of anilines is 1. The minimum Gasteiger partial charge on any atom is -0.396 e. The lowest BCUT2D eigenvalue weighted by Crippen LogP contribution is -1.93. The molecule has 12 heavy (non-hydrogen) atoms. The van der Waals surface area contributed by atoms with Gasteiger partial charge in [-0.05, 0) is 13.0 Å². The first kappa shape index (κ1) is 8.71. The van der Waals surface area contributed by atoms with Crippen molar-refractivity contribution in [2.24, 2.45) is 0 Å². The smallest absolute Gasteiger partial charge is 0.149 e. The first-order valence-corrected chi connectivity index (χ1v) is 3.52. The molecule has 1 aromatic rings. The summed E-state index contributed by atoms with van der Waals surface area (Å²) in [5.41, 5.74) is 5.51. The fourth-order valence-corrected chi connectivity index (χ4v) is 0.891. The van der Waals surface area contributed by atoms with E-state index in [1.54, 1.807) is 13.0 Å². The second kappa shape index (κ2) is 3.34. The van der Waals surface area contributed by atoms with Crippen LogP contribution >= 0.6 is 0 Å². The van der Waals surface area contributed by atoms with Gasteiger partial charge in [-0.2, -0.15) is 0 Å². The Morgan fingerprint density at radius 1 is 1.25 bits per heavy atom. The summed E-state index contributed by atoms with van der Waals surface area (Å²) >= 11 is 0. The van der Waals surface area contributed by atoms with Crippen LogP contribution < -0.4 is 5.73 Å². The molecule has 0 spiro atoms. The Hall–Kier alpha value is -1.38. The molecular weight excluding hydrogens is 160 g/mol. The van der Waals surface area contributed by atoms with Gasteiger partial charge < -0.3 is 5.73 Å². The molecule has 2 N–H and O–H groups in total. The van der Waals surface area contributed by atoms with Crippen molar-refractivity contribution in [2.45, 2.75) is 6.92 Å². The molecule has 0 radical (unpaired) electrons. The third-order valence-corrected chi connectivity index (χ3v) is 1.46. The Kier molecular flexibility index (Phi) is 2.43. The quantitative estimate of drug-likeness (QED) is 0.642. The largest absolute Gasteiger partial charge is 0.396 e. The zero-order chi connectivity index (χ0) is 9.14. The van der Waals surface area contributed by atoms with Crippen molar-refractivity contribution in [1.29, 1.82) is 0 Å². The van der Waals surface area contributed by atoms with Crippen LogP contribution in [0.15, 0.2) is 18.2 Å². The lowest BCUT2D eigenvalue weighted by molar-refractivity contribution is 0.584. The van der Waals surface area contributed by atoms with Gasteiger partial charge in [-0.1, -0.05) is 12.2 Å². The van der Waals surface area contributed by atoms with Crippen molar-refractivity contribution >= 4 is 11.8 Å². The molecule has 0 aliphatic rings. The molecule has 0 amide bonds. The van der Waals surface area contributed by atoms with Crippen molar-refractivity contribution < 1.29 is 8.78 Å². The highest BCUT2D eigenvalue weighted by Crippen LogP contribution is 2.17. The number of benzene rings is 1. The standard InChI is InChI=1S/C9H9F2N/c1-2-3-6-4-9(12)8(11)5-7(6)10/h2-5H,12H2,1H3. The van der Waals surface area contributed by atoms with Crippen LogP contribution in [0.1, 0.15) is 12.5 Å². The van der Waals surface area contributed by atoms with Crippen molar-refractivity contribution in [3.05, 3.63) is 35.4 Å². The van der Waals surface area contributed by atoms with E-state index in [2.05, 4.69) is 0 Å². The molecule has 0 bridgehead atoms. The molecule has 0 saturated heterocycles. The fraction of sp³-hybridized carbons (Fsp3) is 0.111. The molecule has 0 unspecified atom stereocenters. The first-order valence-electron chi connectivity index (χ1n) is 3.52. The Bertz CT molecular complexity index is 319. The number of hydrogen-bond donors (Lipinski definition) is 1. The Labute approximate surface area is 69.5 Å². The molecule has 1 aromatic carbocycles. The summed E-state index contributed by atoms with van der Waals surface area (Å²) in [7, 11) is 0. The molecule has 0 aliphatic carbocycles. The van der Waals surface area contributed by atoms with E-state index in [0.29, 0.717) is 5.56 Å². The SMILES string of the molecule is CC=Cc1cc(N)c(F)cc1F. The highest BCUT2D eigenvalue weighted by Gasteiger charge is 2.04. The number of nitrogen functional groups attached to an aromatic ring is 1. The summed E-state index contributed by atoms with van der Waals surface area (Å²) in [4.78, 5) is 0. The Balaban J connectivity index is 3.23. The van der Waals surface area contributed by atoms with Gasteiger partial charge in [0.15, 0.2) is 0 Å². The zero-order valence-corrected chi connectivity index (χ0v) is 6.64. The van der Waals surface area contributed by atoms with Crippen LogP contribution in [0.5, 0.6) is 0 Å². The zero-order valence-electron chi connectivity index (χ0n) is 6.64. The van der Waals surface area contributed by atoms with E-state index in [-0.39, 0.29) is 5.69 Å². The van der Waals surface area contributed by atoms with Gasteiger partial charge in [0.2, 0.25) is 0 Å². The minimum absolute atomic E-state index is 0.0375. The topological polar surface area (TPSA) is 26.0 Å². The predicted molar refractivity (Wildman–Crippen MR) is 45.5 cm³/mol. The van der Waals surface area contributed by atoms with E-state index in [1.807, 2.05) is 0 Å². The summed E-state index contributed by atoms with van der Waals surface area (Å²) in [6.07, 6.45) is 3.20. The summed E-state index contributed by atoms with van der Waals surface area (Å²) in [5, 5.41) is 0. The molecule has 1 nitrogen and oxygen atoms in total. The van der Waals surface area contributed by atoms with Crippen LogP contribution in [0, 0.1) is 11.6 Å². The van der Waals surface area contributed by atoms with Gasteiger partial charge in [0, 0.05) is 11.6 Å². The third-order valence-electron chi connectivity index (χ3n) is 1.46. The summed E-state index contributed by atoms with van der Waals surface area (Å²) in [6, 6.07) is 2.05. The summed E-state index contributed by atoms with van der Waals surface area (Å²) < 4.78 is 25.5. The third kappa shape index (κ3) is 1.61. The Morgan fingerprint density at radius 3 is 2.50 bits per heavy atom. The molecule has 0 heterocycles. The van der Waals surface area contributed by atoms with E-state index in [1.165, 1.54) is 12.1 Å².